The van der Waals surface area contributed by atoms with Crippen molar-refractivity contribution in [1.29, 1.82) is 0 Å². The van der Waals surface area contributed by atoms with Crippen LogP contribution in [0, 0.1) is 0 Å². The smallest absolute Gasteiger partial charge is 0.0737 e. The van der Waals surface area contributed by atoms with Crippen LogP contribution in [0.1, 0.15) is 18.4 Å². The fraction of sp³-hybridized carbons (Fsp3) is 0.500. The molecule has 0 radical (unpaired) electrons. The summed E-state index contributed by atoms with van der Waals surface area (Å²) < 4.78 is 5.16. The van der Waals surface area contributed by atoms with Crippen molar-refractivity contribution in [1.82, 2.24) is 0 Å². The Morgan fingerprint density at radius 1 is 1.53 bits per heavy atom. The fourth-order valence-electron chi connectivity index (χ4n) is 2.13. The topological polar surface area (TPSA) is 29.5 Å². The lowest BCUT2D eigenvalue weighted by Gasteiger charge is -2.42. The minimum absolute atomic E-state index is 0.217. The molecular formula is C12H15ClO2. The summed E-state index contributed by atoms with van der Waals surface area (Å²) in [5, 5.41) is 10.9. The molecule has 2 rings (SSSR count). The van der Waals surface area contributed by atoms with Crippen molar-refractivity contribution in [3.63, 3.8) is 0 Å². The predicted molar refractivity (Wildman–Crippen MR) is 60.1 cm³/mol. The molecular weight excluding hydrogens is 212 g/mol. The number of hydrogen-bond acceptors (Lipinski definition) is 2. The summed E-state index contributed by atoms with van der Waals surface area (Å²) >= 11 is 5.88. The van der Waals surface area contributed by atoms with Crippen molar-refractivity contribution in [3.8, 4) is 0 Å². The molecule has 0 aromatic heterocycles. The van der Waals surface area contributed by atoms with Gasteiger partial charge in [0, 0.05) is 31.4 Å². The number of methoxy groups -OCH3 is 1. The Labute approximate surface area is 94.8 Å². The van der Waals surface area contributed by atoms with Crippen LogP contribution in [0.4, 0.5) is 0 Å². The monoisotopic (exact) mass is 226 g/mol. The molecule has 1 aromatic carbocycles. The van der Waals surface area contributed by atoms with Crippen LogP contribution in [-0.2, 0) is 11.2 Å². The Kier molecular flexibility index (Phi) is 3.01. The van der Waals surface area contributed by atoms with E-state index >= 15 is 0 Å². The van der Waals surface area contributed by atoms with Gasteiger partial charge < -0.3 is 9.84 Å². The van der Waals surface area contributed by atoms with Gasteiger partial charge in [-0.2, -0.15) is 0 Å². The number of benzene rings is 1. The first-order chi connectivity index (χ1) is 7.11. The highest BCUT2D eigenvalue weighted by Crippen LogP contribution is 2.37. The highest BCUT2D eigenvalue weighted by atomic mass is 35.5. The van der Waals surface area contributed by atoms with Gasteiger partial charge >= 0.3 is 0 Å². The molecule has 0 bridgehead atoms. The first-order valence-corrected chi connectivity index (χ1v) is 5.49. The molecule has 1 saturated carbocycles. The van der Waals surface area contributed by atoms with E-state index in [1.165, 1.54) is 0 Å². The highest BCUT2D eigenvalue weighted by molar-refractivity contribution is 6.30. The molecule has 1 aliphatic carbocycles. The molecule has 82 valence electrons. The minimum atomic E-state index is -0.592. The molecule has 15 heavy (non-hydrogen) atoms. The molecule has 3 heteroatoms. The Hall–Kier alpha value is -0.570. The molecule has 0 unspecified atom stereocenters. The first kappa shape index (κ1) is 10.9. The molecule has 0 heterocycles. The molecule has 0 amide bonds. The lowest BCUT2D eigenvalue weighted by Crippen LogP contribution is -2.49. The summed E-state index contributed by atoms with van der Waals surface area (Å²) in [5.41, 5.74) is 0.491. The SMILES string of the molecule is COC1CC(O)(Cc2cccc(Cl)c2)C1. The van der Waals surface area contributed by atoms with Gasteiger partial charge in [0.15, 0.2) is 0 Å². The standard InChI is InChI=1S/C12H15ClO2/c1-15-11-7-12(14,8-11)6-9-3-2-4-10(13)5-9/h2-5,11,14H,6-8H2,1H3. The zero-order chi connectivity index (χ0) is 10.9. The third kappa shape index (κ3) is 2.51. The lowest BCUT2D eigenvalue weighted by molar-refractivity contribution is -0.126. The summed E-state index contributed by atoms with van der Waals surface area (Å²) in [6, 6.07) is 7.64. The molecule has 0 atom stereocenters. The number of halogens is 1. The lowest BCUT2D eigenvalue weighted by atomic mass is 9.74. The second kappa shape index (κ2) is 4.12. The minimum Gasteiger partial charge on any atom is -0.389 e. The molecule has 1 fully saturated rings. The van der Waals surface area contributed by atoms with Gasteiger partial charge in [-0.05, 0) is 17.7 Å². The van der Waals surface area contributed by atoms with Gasteiger partial charge in [-0.25, -0.2) is 0 Å². The number of hydrogen-bond donors (Lipinski definition) is 1. The molecule has 0 aliphatic heterocycles. The Bertz CT molecular complexity index is 345. The molecule has 0 saturated heterocycles. The number of rotatable bonds is 3. The summed E-state index contributed by atoms with van der Waals surface area (Å²) in [7, 11) is 1.68. The van der Waals surface area contributed by atoms with Crippen LogP contribution >= 0.6 is 11.6 Å². The molecule has 1 N–H and O–H groups in total. The predicted octanol–water partition coefficient (Wildman–Crippen LogP) is 2.42. The van der Waals surface area contributed by atoms with Crippen molar-refractivity contribution >= 4 is 11.6 Å². The van der Waals surface area contributed by atoms with Crippen LogP contribution in [0.5, 0.6) is 0 Å². The fourth-order valence-corrected chi connectivity index (χ4v) is 2.34. The highest BCUT2D eigenvalue weighted by Gasteiger charge is 2.42. The largest absolute Gasteiger partial charge is 0.389 e. The van der Waals surface area contributed by atoms with Crippen LogP contribution < -0.4 is 0 Å². The van der Waals surface area contributed by atoms with Crippen molar-refractivity contribution in [3.05, 3.63) is 34.9 Å². The summed E-state index contributed by atoms with van der Waals surface area (Å²) in [6.07, 6.45) is 2.31. The molecule has 0 spiro atoms. The second-order valence-corrected chi connectivity index (χ2v) is 4.73. The maximum atomic E-state index is 10.1. The van der Waals surface area contributed by atoms with Gasteiger partial charge in [0.05, 0.1) is 11.7 Å². The van der Waals surface area contributed by atoms with Crippen molar-refractivity contribution in [2.75, 3.05) is 7.11 Å². The van der Waals surface area contributed by atoms with Gasteiger partial charge in [-0.15, -0.1) is 0 Å². The third-order valence-corrected chi connectivity index (χ3v) is 3.21. The van der Waals surface area contributed by atoms with Crippen molar-refractivity contribution < 1.29 is 9.84 Å². The van der Waals surface area contributed by atoms with Crippen LogP contribution in [0.3, 0.4) is 0 Å². The maximum Gasteiger partial charge on any atom is 0.0737 e. The summed E-state index contributed by atoms with van der Waals surface area (Å²) in [4.78, 5) is 0. The van der Waals surface area contributed by atoms with E-state index in [9.17, 15) is 5.11 Å². The average Bonchev–Trinajstić information content (AvgIpc) is 2.13. The van der Waals surface area contributed by atoms with Crippen LogP contribution in [-0.4, -0.2) is 23.9 Å². The van der Waals surface area contributed by atoms with Gasteiger partial charge in [-0.1, -0.05) is 23.7 Å². The summed E-state index contributed by atoms with van der Waals surface area (Å²) in [5.74, 6) is 0. The van der Waals surface area contributed by atoms with E-state index in [0.29, 0.717) is 6.42 Å². The van der Waals surface area contributed by atoms with E-state index in [4.69, 9.17) is 16.3 Å². The van der Waals surface area contributed by atoms with Crippen molar-refractivity contribution in [2.45, 2.75) is 31.0 Å². The van der Waals surface area contributed by atoms with E-state index in [0.717, 1.165) is 23.4 Å². The van der Waals surface area contributed by atoms with Crippen molar-refractivity contribution in [2.24, 2.45) is 0 Å². The Balaban J connectivity index is 1.98. The maximum absolute atomic E-state index is 10.1. The van der Waals surface area contributed by atoms with E-state index in [1.807, 2.05) is 24.3 Å². The molecule has 2 nitrogen and oxygen atoms in total. The second-order valence-electron chi connectivity index (χ2n) is 4.30. The Morgan fingerprint density at radius 3 is 2.87 bits per heavy atom. The normalized spacial score (nSPS) is 29.9. The molecule has 1 aliphatic rings. The zero-order valence-electron chi connectivity index (χ0n) is 8.74. The van der Waals surface area contributed by atoms with E-state index < -0.39 is 5.60 Å². The number of aliphatic hydroxyl groups is 1. The number of ether oxygens (including phenoxy) is 1. The summed E-state index contributed by atoms with van der Waals surface area (Å²) in [6.45, 7) is 0. The van der Waals surface area contributed by atoms with Gasteiger partial charge in [0.1, 0.15) is 0 Å². The molecule has 1 aromatic rings. The van der Waals surface area contributed by atoms with Crippen LogP contribution in [0.25, 0.3) is 0 Å². The Morgan fingerprint density at radius 2 is 2.27 bits per heavy atom. The third-order valence-electron chi connectivity index (χ3n) is 2.97. The zero-order valence-corrected chi connectivity index (χ0v) is 9.50. The van der Waals surface area contributed by atoms with Crippen LogP contribution in [0.2, 0.25) is 5.02 Å². The quantitative estimate of drug-likeness (QED) is 0.858. The van der Waals surface area contributed by atoms with Gasteiger partial charge in [0.2, 0.25) is 0 Å². The van der Waals surface area contributed by atoms with E-state index in [-0.39, 0.29) is 6.10 Å². The first-order valence-electron chi connectivity index (χ1n) is 5.11. The van der Waals surface area contributed by atoms with Gasteiger partial charge in [0.25, 0.3) is 0 Å². The van der Waals surface area contributed by atoms with Gasteiger partial charge in [-0.3, -0.25) is 0 Å². The van der Waals surface area contributed by atoms with E-state index in [1.54, 1.807) is 7.11 Å². The van der Waals surface area contributed by atoms with E-state index in [2.05, 4.69) is 0 Å². The van der Waals surface area contributed by atoms with Crippen LogP contribution in [0.15, 0.2) is 24.3 Å². The average molecular weight is 227 g/mol.